The standard InChI is InChI=1S/C31H24Cl2N4O4S/c32-25-16-15-24(17-26(25)33)37-29(30(38)34-27(31(39)40)19-42(41)18-20-7-3-1-4-8-20)35-28(36-37)23-13-11-22(12-14-23)21-9-5-2-6-10-21/h1-17,27H,18-19H2,(H,34,38)(H,39,40)/t27-,42?/m0/s1. The van der Waals surface area contributed by atoms with Crippen LogP contribution in [0.25, 0.3) is 28.2 Å². The molecule has 0 fully saturated rings. The molecule has 4 aromatic carbocycles. The number of hydrogen-bond donors (Lipinski definition) is 2. The van der Waals surface area contributed by atoms with Crippen LogP contribution in [-0.4, -0.2) is 48.1 Å². The van der Waals surface area contributed by atoms with Gasteiger partial charge < -0.3 is 15.0 Å². The summed E-state index contributed by atoms with van der Waals surface area (Å²) < 4.78 is 14.0. The Kier molecular flexibility index (Phi) is 9.24. The minimum Gasteiger partial charge on any atom is -0.616 e. The molecule has 8 nitrogen and oxygen atoms in total. The monoisotopic (exact) mass is 618 g/mol. The first kappa shape index (κ1) is 29.3. The Bertz CT molecular complexity index is 1700. The molecule has 0 radical (unpaired) electrons. The van der Waals surface area contributed by atoms with Gasteiger partial charge in [-0.3, -0.25) is 4.79 Å². The Hall–Kier alpha value is -4.15. The van der Waals surface area contributed by atoms with Gasteiger partial charge in [-0.05, 0) is 40.5 Å². The van der Waals surface area contributed by atoms with Gasteiger partial charge in [-0.25, -0.2) is 14.5 Å². The average Bonchev–Trinajstić information content (AvgIpc) is 3.45. The normalized spacial score (nSPS) is 12.5. The lowest BCUT2D eigenvalue weighted by atomic mass is 10.0. The van der Waals surface area contributed by atoms with E-state index in [1.165, 1.54) is 10.7 Å². The predicted molar refractivity (Wildman–Crippen MR) is 164 cm³/mol. The molecule has 1 heterocycles. The molecule has 11 heteroatoms. The predicted octanol–water partition coefficient (Wildman–Crippen LogP) is 6.04. The molecule has 1 amide bonds. The lowest BCUT2D eigenvalue weighted by Crippen LogP contribution is -2.46. The van der Waals surface area contributed by atoms with Gasteiger partial charge >= 0.3 is 5.97 Å². The molecule has 2 atom stereocenters. The third-order valence-corrected chi connectivity index (χ3v) is 8.43. The Morgan fingerprint density at radius 1 is 0.857 bits per heavy atom. The van der Waals surface area contributed by atoms with Gasteiger partial charge in [-0.1, -0.05) is 108 Å². The first-order valence-electron chi connectivity index (χ1n) is 12.8. The molecule has 0 aliphatic carbocycles. The molecule has 5 aromatic rings. The van der Waals surface area contributed by atoms with E-state index in [0.717, 1.165) is 16.7 Å². The van der Waals surface area contributed by atoms with E-state index in [0.29, 0.717) is 16.3 Å². The topological polar surface area (TPSA) is 120 Å². The molecule has 212 valence electrons. The van der Waals surface area contributed by atoms with Crippen molar-refractivity contribution in [3.8, 4) is 28.2 Å². The zero-order chi connectivity index (χ0) is 29.6. The second kappa shape index (κ2) is 13.2. The van der Waals surface area contributed by atoms with Gasteiger partial charge in [0, 0.05) is 11.1 Å². The summed E-state index contributed by atoms with van der Waals surface area (Å²) in [6.07, 6.45) is 0. The Morgan fingerprint density at radius 3 is 2.12 bits per heavy atom. The SMILES string of the molecule is O=C(N[C@@H](C[S+]([O-])Cc1ccccc1)C(=O)O)c1nc(-c2ccc(-c3ccccc3)cc2)nn1-c1ccc(Cl)c(Cl)c1. The summed E-state index contributed by atoms with van der Waals surface area (Å²) in [4.78, 5) is 30.0. The molecule has 42 heavy (non-hydrogen) atoms. The molecule has 1 aromatic heterocycles. The van der Waals surface area contributed by atoms with Crippen molar-refractivity contribution in [2.75, 3.05) is 5.75 Å². The number of aliphatic carboxylic acids is 1. The number of halogens is 2. The molecule has 0 saturated heterocycles. The quantitative estimate of drug-likeness (QED) is 0.184. The van der Waals surface area contributed by atoms with Crippen LogP contribution >= 0.6 is 23.2 Å². The van der Waals surface area contributed by atoms with Gasteiger partial charge in [0.25, 0.3) is 5.91 Å². The largest absolute Gasteiger partial charge is 0.616 e. The molecular weight excluding hydrogens is 595 g/mol. The fraction of sp³-hybridized carbons (Fsp3) is 0.0968. The molecule has 0 aliphatic rings. The average molecular weight is 620 g/mol. The maximum Gasteiger partial charge on any atom is 0.331 e. The highest BCUT2D eigenvalue weighted by Crippen LogP contribution is 2.27. The number of amides is 1. The number of nitrogens with one attached hydrogen (secondary N) is 1. The minimum absolute atomic E-state index is 0.156. The zero-order valence-electron chi connectivity index (χ0n) is 22.0. The molecule has 2 N–H and O–H groups in total. The summed E-state index contributed by atoms with van der Waals surface area (Å²) in [5.41, 5.74) is 3.88. The van der Waals surface area contributed by atoms with Gasteiger partial charge in [0.15, 0.2) is 11.9 Å². The van der Waals surface area contributed by atoms with Gasteiger partial charge in [0.05, 0.1) is 15.7 Å². The Balaban J connectivity index is 1.44. The first-order chi connectivity index (χ1) is 20.3. The highest BCUT2D eigenvalue weighted by molar-refractivity contribution is 7.90. The third-order valence-electron chi connectivity index (χ3n) is 6.33. The van der Waals surface area contributed by atoms with Crippen LogP contribution in [0.2, 0.25) is 10.0 Å². The summed E-state index contributed by atoms with van der Waals surface area (Å²) in [6, 6.07) is 29.7. The number of benzene rings is 4. The number of aromatic nitrogens is 3. The fourth-order valence-electron chi connectivity index (χ4n) is 4.22. The smallest absolute Gasteiger partial charge is 0.331 e. The summed E-state index contributed by atoms with van der Waals surface area (Å²) in [5, 5.41) is 17.4. The van der Waals surface area contributed by atoms with E-state index in [1.54, 1.807) is 24.3 Å². The number of carbonyl (C=O) groups is 2. The minimum atomic E-state index is -1.55. The van der Waals surface area contributed by atoms with E-state index < -0.39 is 29.1 Å². The molecular formula is C31H24Cl2N4O4S. The van der Waals surface area contributed by atoms with E-state index in [1.807, 2.05) is 72.8 Å². The van der Waals surface area contributed by atoms with Crippen molar-refractivity contribution in [2.45, 2.75) is 11.8 Å². The summed E-state index contributed by atoms with van der Waals surface area (Å²) in [5.74, 6) is -2.18. The van der Waals surface area contributed by atoms with Crippen LogP contribution in [-0.2, 0) is 21.7 Å². The van der Waals surface area contributed by atoms with E-state index in [2.05, 4.69) is 15.4 Å². The second-order valence-corrected chi connectivity index (χ2v) is 11.6. The molecule has 0 aliphatic heterocycles. The van der Waals surface area contributed by atoms with Crippen molar-refractivity contribution in [1.82, 2.24) is 20.1 Å². The number of rotatable bonds is 10. The van der Waals surface area contributed by atoms with Crippen molar-refractivity contribution in [2.24, 2.45) is 0 Å². The summed E-state index contributed by atoms with van der Waals surface area (Å²) in [7, 11) is 0. The fourth-order valence-corrected chi connectivity index (χ4v) is 5.80. The Labute approximate surface area is 255 Å². The third kappa shape index (κ3) is 7.00. The van der Waals surface area contributed by atoms with Gasteiger partial charge in [0.2, 0.25) is 5.82 Å². The highest BCUT2D eigenvalue weighted by Gasteiger charge is 2.29. The van der Waals surface area contributed by atoms with Crippen LogP contribution in [0.15, 0.2) is 103 Å². The van der Waals surface area contributed by atoms with Gasteiger partial charge in [-0.15, -0.1) is 5.10 Å². The van der Waals surface area contributed by atoms with Crippen molar-refractivity contribution in [3.63, 3.8) is 0 Å². The summed E-state index contributed by atoms with van der Waals surface area (Å²) >= 11 is 10.8. The molecule has 1 unspecified atom stereocenters. The van der Waals surface area contributed by atoms with E-state index in [-0.39, 0.29) is 28.2 Å². The van der Waals surface area contributed by atoms with Crippen LogP contribution in [0.3, 0.4) is 0 Å². The van der Waals surface area contributed by atoms with E-state index in [9.17, 15) is 19.2 Å². The summed E-state index contributed by atoms with van der Waals surface area (Å²) in [6.45, 7) is 0. The van der Waals surface area contributed by atoms with Crippen molar-refractivity contribution >= 4 is 46.3 Å². The second-order valence-electron chi connectivity index (χ2n) is 9.31. The highest BCUT2D eigenvalue weighted by atomic mass is 35.5. The lowest BCUT2D eigenvalue weighted by Gasteiger charge is -2.17. The van der Waals surface area contributed by atoms with Crippen molar-refractivity contribution in [3.05, 3.63) is 125 Å². The number of hydrogen-bond acceptors (Lipinski definition) is 5. The van der Waals surface area contributed by atoms with Gasteiger partial charge in [-0.2, -0.15) is 0 Å². The maximum absolute atomic E-state index is 13.5. The lowest BCUT2D eigenvalue weighted by molar-refractivity contribution is -0.138. The first-order valence-corrected chi connectivity index (χ1v) is 15.0. The van der Waals surface area contributed by atoms with Gasteiger partial charge in [0.1, 0.15) is 11.5 Å². The van der Waals surface area contributed by atoms with E-state index >= 15 is 0 Å². The molecule has 0 saturated carbocycles. The van der Waals surface area contributed by atoms with E-state index in [4.69, 9.17) is 23.2 Å². The van der Waals surface area contributed by atoms with Crippen LogP contribution in [0.4, 0.5) is 0 Å². The number of carboxylic acids is 1. The van der Waals surface area contributed by atoms with Crippen LogP contribution in [0, 0.1) is 0 Å². The van der Waals surface area contributed by atoms with Crippen LogP contribution < -0.4 is 5.32 Å². The zero-order valence-corrected chi connectivity index (χ0v) is 24.3. The number of nitrogens with zero attached hydrogens (tertiary/aromatic N) is 3. The van der Waals surface area contributed by atoms with Crippen LogP contribution in [0.1, 0.15) is 16.2 Å². The molecule has 0 bridgehead atoms. The number of carbonyl (C=O) groups excluding carboxylic acids is 1. The number of carboxylic acid groups (broad SMARTS) is 1. The maximum atomic E-state index is 13.5. The molecule has 0 spiro atoms. The molecule has 5 rings (SSSR count). The Morgan fingerprint density at radius 2 is 1.48 bits per heavy atom. The van der Waals surface area contributed by atoms with Crippen molar-refractivity contribution < 1.29 is 19.2 Å². The van der Waals surface area contributed by atoms with Crippen LogP contribution in [0.5, 0.6) is 0 Å². The van der Waals surface area contributed by atoms with Crippen molar-refractivity contribution in [1.29, 1.82) is 0 Å².